The van der Waals surface area contributed by atoms with Gasteiger partial charge in [-0.05, 0) is 12.1 Å². The van der Waals surface area contributed by atoms with Crippen molar-refractivity contribution in [1.29, 1.82) is 0 Å². The van der Waals surface area contributed by atoms with Crippen LogP contribution in [0.3, 0.4) is 0 Å². The van der Waals surface area contributed by atoms with Crippen LogP contribution in [0.4, 0.5) is 0 Å². The zero-order chi connectivity index (χ0) is 11.5. The molecule has 8 heteroatoms. The highest BCUT2D eigenvalue weighted by Gasteiger charge is 2.06. The van der Waals surface area contributed by atoms with Gasteiger partial charge in [-0.25, -0.2) is 9.67 Å². The van der Waals surface area contributed by atoms with E-state index in [-0.39, 0.29) is 12.2 Å². The first-order valence-corrected chi connectivity index (χ1v) is 4.45. The molecule has 16 heavy (non-hydrogen) atoms. The zero-order valence-corrected chi connectivity index (χ0v) is 8.24. The van der Waals surface area contributed by atoms with Crippen LogP contribution in [0.25, 0.3) is 5.82 Å². The fourth-order valence-electron chi connectivity index (χ4n) is 1.08. The molecule has 0 unspecified atom stereocenters. The summed E-state index contributed by atoms with van der Waals surface area (Å²) in [5.41, 5.74) is 10.5. The van der Waals surface area contributed by atoms with Gasteiger partial charge in [-0.2, -0.15) is 0 Å². The molecule has 8 nitrogen and oxygen atoms in total. The van der Waals surface area contributed by atoms with Crippen LogP contribution in [0.2, 0.25) is 0 Å². The summed E-state index contributed by atoms with van der Waals surface area (Å²) in [6.45, 7) is 0.250. The van der Waals surface area contributed by atoms with E-state index in [0.29, 0.717) is 11.6 Å². The van der Waals surface area contributed by atoms with Crippen molar-refractivity contribution in [2.75, 3.05) is 0 Å². The number of amides is 1. The minimum Gasteiger partial charge on any atom is -0.364 e. The van der Waals surface area contributed by atoms with Crippen molar-refractivity contribution >= 4 is 5.91 Å². The molecule has 0 radical (unpaired) electrons. The third-order valence-corrected chi connectivity index (χ3v) is 1.86. The van der Waals surface area contributed by atoms with Gasteiger partial charge in [0.2, 0.25) is 0 Å². The third-order valence-electron chi connectivity index (χ3n) is 1.86. The second kappa shape index (κ2) is 4.03. The van der Waals surface area contributed by atoms with Gasteiger partial charge in [0.1, 0.15) is 6.33 Å². The summed E-state index contributed by atoms with van der Waals surface area (Å²) >= 11 is 0. The first-order valence-electron chi connectivity index (χ1n) is 4.45. The van der Waals surface area contributed by atoms with Crippen LogP contribution in [0.5, 0.6) is 0 Å². The van der Waals surface area contributed by atoms with Gasteiger partial charge in [0, 0.05) is 0 Å². The Labute approximate surface area is 90.3 Å². The van der Waals surface area contributed by atoms with Gasteiger partial charge in [-0.15, -0.1) is 15.3 Å². The predicted octanol–water partition coefficient (Wildman–Crippen LogP) is -1.39. The van der Waals surface area contributed by atoms with Gasteiger partial charge in [0.05, 0.1) is 6.54 Å². The van der Waals surface area contributed by atoms with Crippen LogP contribution in [-0.2, 0) is 6.54 Å². The van der Waals surface area contributed by atoms with E-state index in [9.17, 15) is 4.79 Å². The first kappa shape index (κ1) is 10.2. The fraction of sp³-hybridized carbons (Fsp3) is 0.125. The van der Waals surface area contributed by atoms with Crippen LogP contribution >= 0.6 is 0 Å². The SMILES string of the molecule is NCc1ncn(-c2ccc(C(N)=O)nn2)n1. The van der Waals surface area contributed by atoms with E-state index in [1.165, 1.54) is 17.1 Å². The third kappa shape index (κ3) is 1.86. The maximum Gasteiger partial charge on any atom is 0.269 e. The molecular weight excluding hydrogens is 210 g/mol. The summed E-state index contributed by atoms with van der Waals surface area (Å²) < 4.78 is 1.42. The lowest BCUT2D eigenvalue weighted by Crippen LogP contribution is -2.14. The zero-order valence-electron chi connectivity index (χ0n) is 8.24. The molecule has 0 fully saturated rings. The lowest BCUT2D eigenvalue weighted by atomic mass is 10.4. The topological polar surface area (TPSA) is 126 Å². The summed E-state index contributed by atoms with van der Waals surface area (Å²) in [5.74, 6) is 0.318. The van der Waals surface area contributed by atoms with E-state index in [4.69, 9.17) is 11.5 Å². The molecule has 4 N–H and O–H groups in total. The van der Waals surface area contributed by atoms with Crippen molar-refractivity contribution in [2.45, 2.75) is 6.54 Å². The number of nitrogens with two attached hydrogens (primary N) is 2. The monoisotopic (exact) mass is 219 g/mol. The van der Waals surface area contributed by atoms with E-state index >= 15 is 0 Å². The standard InChI is InChI=1S/C8H9N7O/c9-3-6-11-4-15(14-6)7-2-1-5(8(10)16)12-13-7/h1-2,4H,3,9H2,(H2,10,16). The van der Waals surface area contributed by atoms with Crippen LogP contribution < -0.4 is 11.5 Å². The first-order chi connectivity index (χ1) is 7.70. The lowest BCUT2D eigenvalue weighted by molar-refractivity contribution is 0.0994. The molecule has 0 bridgehead atoms. The molecule has 2 rings (SSSR count). The summed E-state index contributed by atoms with van der Waals surface area (Å²) in [6.07, 6.45) is 1.47. The largest absolute Gasteiger partial charge is 0.364 e. The van der Waals surface area contributed by atoms with E-state index < -0.39 is 5.91 Å². The summed E-state index contributed by atoms with van der Waals surface area (Å²) in [5, 5.41) is 11.5. The van der Waals surface area contributed by atoms with Crippen LogP contribution in [0.15, 0.2) is 18.5 Å². The van der Waals surface area contributed by atoms with Gasteiger partial charge in [-0.1, -0.05) is 0 Å². The summed E-state index contributed by atoms with van der Waals surface area (Å²) in [6, 6.07) is 3.04. The maximum atomic E-state index is 10.8. The molecule has 1 amide bonds. The Morgan fingerprint density at radius 1 is 1.38 bits per heavy atom. The van der Waals surface area contributed by atoms with Crippen LogP contribution in [-0.4, -0.2) is 30.9 Å². The molecule has 0 spiro atoms. The molecule has 2 aromatic heterocycles. The highest BCUT2D eigenvalue weighted by molar-refractivity contribution is 5.90. The molecular formula is C8H9N7O. The molecule has 0 aliphatic carbocycles. The Balaban J connectivity index is 2.30. The molecule has 0 saturated carbocycles. The van der Waals surface area contributed by atoms with Crippen molar-refractivity contribution in [3.63, 3.8) is 0 Å². The summed E-state index contributed by atoms with van der Waals surface area (Å²) in [4.78, 5) is 14.7. The Bertz CT molecular complexity index is 503. The molecule has 82 valence electrons. The van der Waals surface area contributed by atoms with Crippen molar-refractivity contribution < 1.29 is 4.79 Å². The average molecular weight is 219 g/mol. The highest BCUT2D eigenvalue weighted by atomic mass is 16.1. The van der Waals surface area contributed by atoms with Gasteiger partial charge >= 0.3 is 0 Å². The number of hydrogen-bond acceptors (Lipinski definition) is 6. The Kier molecular flexibility index (Phi) is 2.56. The van der Waals surface area contributed by atoms with Gasteiger partial charge in [0.25, 0.3) is 5.91 Å². The Morgan fingerprint density at radius 2 is 2.19 bits per heavy atom. The van der Waals surface area contributed by atoms with E-state index in [1.54, 1.807) is 6.07 Å². The molecule has 2 aromatic rings. The van der Waals surface area contributed by atoms with Crippen molar-refractivity contribution in [3.05, 3.63) is 30.0 Å². The normalized spacial score (nSPS) is 10.3. The predicted molar refractivity (Wildman–Crippen MR) is 53.4 cm³/mol. The van der Waals surface area contributed by atoms with E-state index in [1.807, 2.05) is 0 Å². The molecule has 2 heterocycles. The second-order valence-corrected chi connectivity index (χ2v) is 2.95. The smallest absolute Gasteiger partial charge is 0.269 e. The number of aromatic nitrogens is 5. The van der Waals surface area contributed by atoms with Crippen LogP contribution in [0.1, 0.15) is 16.3 Å². The maximum absolute atomic E-state index is 10.8. The Morgan fingerprint density at radius 3 is 2.69 bits per heavy atom. The molecule has 0 aliphatic heterocycles. The number of rotatable bonds is 3. The number of carbonyl (C=O) groups is 1. The molecule has 0 saturated heterocycles. The molecule has 0 aliphatic rings. The van der Waals surface area contributed by atoms with Gasteiger partial charge in [0.15, 0.2) is 17.3 Å². The number of nitrogens with zero attached hydrogens (tertiary/aromatic N) is 5. The second-order valence-electron chi connectivity index (χ2n) is 2.95. The number of hydrogen-bond donors (Lipinski definition) is 2. The fourth-order valence-corrected chi connectivity index (χ4v) is 1.08. The Hall–Kier alpha value is -2.35. The summed E-state index contributed by atoms with van der Waals surface area (Å²) in [7, 11) is 0. The number of primary amides is 1. The van der Waals surface area contributed by atoms with Crippen molar-refractivity contribution in [2.24, 2.45) is 11.5 Å². The average Bonchev–Trinajstić information content (AvgIpc) is 2.77. The minimum absolute atomic E-state index is 0.0999. The highest BCUT2D eigenvalue weighted by Crippen LogP contribution is 2.01. The molecule has 0 atom stereocenters. The van der Waals surface area contributed by atoms with Crippen LogP contribution in [0, 0.1) is 0 Å². The van der Waals surface area contributed by atoms with Gasteiger partial charge < -0.3 is 11.5 Å². The molecule has 0 aromatic carbocycles. The van der Waals surface area contributed by atoms with E-state index in [2.05, 4.69) is 20.3 Å². The van der Waals surface area contributed by atoms with Gasteiger partial charge in [-0.3, -0.25) is 4.79 Å². The minimum atomic E-state index is -0.625. The van der Waals surface area contributed by atoms with Crippen molar-refractivity contribution in [1.82, 2.24) is 25.0 Å². The number of carbonyl (C=O) groups excluding carboxylic acids is 1. The van der Waals surface area contributed by atoms with E-state index in [0.717, 1.165) is 0 Å². The van der Waals surface area contributed by atoms with Crippen molar-refractivity contribution in [3.8, 4) is 5.82 Å². The lowest BCUT2D eigenvalue weighted by Gasteiger charge is -1.98. The quantitative estimate of drug-likeness (QED) is 0.654.